The molecule has 0 unspecified atom stereocenters. The molecule has 0 N–H and O–H groups in total. The summed E-state index contributed by atoms with van der Waals surface area (Å²) in [7, 11) is 0. The summed E-state index contributed by atoms with van der Waals surface area (Å²) in [5.41, 5.74) is 2.07. The first-order valence-electron chi connectivity index (χ1n) is 7.06. The second-order valence-corrected chi connectivity index (χ2v) is 7.41. The summed E-state index contributed by atoms with van der Waals surface area (Å²) in [5, 5.41) is 1.54. The molecule has 0 saturated carbocycles. The van der Waals surface area contributed by atoms with E-state index in [0.29, 0.717) is 32.5 Å². The van der Waals surface area contributed by atoms with Crippen LogP contribution < -0.4 is 5.56 Å². The molecule has 6 heteroatoms. The number of rotatable bonds is 3. The lowest BCUT2D eigenvalue weighted by molar-refractivity contribution is 0.821. The number of terminal acetylenes is 1. The monoisotopic (exact) mass is 418 g/mol. The van der Waals surface area contributed by atoms with Crippen LogP contribution in [0.25, 0.3) is 16.6 Å². The summed E-state index contributed by atoms with van der Waals surface area (Å²) < 4.78 is 2.37. The van der Waals surface area contributed by atoms with Gasteiger partial charge < -0.3 is 0 Å². The van der Waals surface area contributed by atoms with Gasteiger partial charge in [0.25, 0.3) is 5.56 Å². The fourth-order valence-corrected chi connectivity index (χ4v) is 3.80. The van der Waals surface area contributed by atoms with Crippen LogP contribution >= 0.6 is 39.3 Å². The molecule has 0 saturated heterocycles. The van der Waals surface area contributed by atoms with Crippen LogP contribution in [-0.4, -0.2) is 15.3 Å². The largest absolute Gasteiger partial charge is 0.268 e. The van der Waals surface area contributed by atoms with Gasteiger partial charge in [0.15, 0.2) is 5.16 Å². The van der Waals surface area contributed by atoms with Gasteiger partial charge >= 0.3 is 0 Å². The molecule has 1 heterocycles. The van der Waals surface area contributed by atoms with E-state index in [-0.39, 0.29) is 5.56 Å². The third kappa shape index (κ3) is 3.23. The number of nitrogens with zero attached hydrogens (tertiary/aromatic N) is 2. The highest BCUT2D eigenvalue weighted by molar-refractivity contribution is 9.10. The minimum absolute atomic E-state index is 0.160. The first kappa shape index (κ1) is 17.1. The van der Waals surface area contributed by atoms with E-state index in [9.17, 15) is 4.79 Å². The molecule has 1 aromatic heterocycles. The van der Waals surface area contributed by atoms with Gasteiger partial charge in [-0.1, -0.05) is 56.8 Å². The molecular weight excluding hydrogens is 408 g/mol. The van der Waals surface area contributed by atoms with E-state index < -0.39 is 0 Å². The summed E-state index contributed by atoms with van der Waals surface area (Å²) >= 11 is 11.1. The van der Waals surface area contributed by atoms with E-state index in [1.54, 1.807) is 12.1 Å². The number of fused-ring (bicyclic) bond motifs is 1. The van der Waals surface area contributed by atoms with Crippen molar-refractivity contribution in [3.8, 4) is 18.0 Å². The topological polar surface area (TPSA) is 34.9 Å². The van der Waals surface area contributed by atoms with Gasteiger partial charge in [-0.05, 0) is 37.3 Å². The van der Waals surface area contributed by atoms with E-state index in [0.717, 1.165) is 10.0 Å². The Kier molecular flexibility index (Phi) is 5.00. The molecule has 24 heavy (non-hydrogen) atoms. The molecule has 0 aliphatic heterocycles. The molecule has 0 bridgehead atoms. The lowest BCUT2D eigenvalue weighted by atomic mass is 10.1. The van der Waals surface area contributed by atoms with E-state index in [1.165, 1.54) is 16.3 Å². The molecule has 0 radical (unpaired) electrons. The predicted octanol–water partition coefficient (Wildman–Crippen LogP) is 4.84. The van der Waals surface area contributed by atoms with E-state index in [1.807, 2.05) is 31.2 Å². The van der Waals surface area contributed by atoms with Gasteiger partial charge in [-0.15, -0.1) is 6.42 Å². The van der Waals surface area contributed by atoms with E-state index in [4.69, 9.17) is 18.0 Å². The Hall–Kier alpha value is -1.74. The van der Waals surface area contributed by atoms with Crippen LogP contribution in [0, 0.1) is 19.3 Å². The highest BCUT2D eigenvalue weighted by Gasteiger charge is 2.15. The lowest BCUT2D eigenvalue weighted by Crippen LogP contribution is -2.22. The van der Waals surface area contributed by atoms with Gasteiger partial charge in [0, 0.05) is 4.47 Å². The Morgan fingerprint density at radius 1 is 1.33 bits per heavy atom. The third-order valence-electron chi connectivity index (χ3n) is 3.43. The normalized spacial score (nSPS) is 10.8. The van der Waals surface area contributed by atoms with Gasteiger partial charge in [0.05, 0.1) is 27.4 Å². The van der Waals surface area contributed by atoms with Gasteiger partial charge in [-0.3, -0.25) is 9.36 Å². The molecule has 0 atom stereocenters. The third-order valence-corrected chi connectivity index (χ3v) is 5.07. The van der Waals surface area contributed by atoms with Crippen LogP contribution in [0.5, 0.6) is 0 Å². The number of hydrogen-bond donors (Lipinski definition) is 0. The standard InChI is InChI=1S/C18H12BrClN2OS/c1-3-8-24-18-21-15-6-4-11(2)9-13(15)17(23)22(18)16-7-5-12(19)10-14(16)20/h1,4-7,9-10H,8H2,2H3. The highest BCUT2D eigenvalue weighted by atomic mass is 79.9. The van der Waals surface area contributed by atoms with Gasteiger partial charge in [0.1, 0.15) is 0 Å². The Bertz CT molecular complexity index is 1040. The average Bonchev–Trinajstić information content (AvgIpc) is 2.55. The van der Waals surface area contributed by atoms with Gasteiger partial charge in [0.2, 0.25) is 0 Å². The second-order valence-electron chi connectivity index (χ2n) is 5.14. The van der Waals surface area contributed by atoms with Crippen molar-refractivity contribution < 1.29 is 0 Å². The van der Waals surface area contributed by atoms with Crippen molar-refractivity contribution in [3.05, 3.63) is 61.8 Å². The zero-order valence-corrected chi connectivity index (χ0v) is 15.9. The maximum Gasteiger partial charge on any atom is 0.266 e. The zero-order chi connectivity index (χ0) is 17.3. The fourth-order valence-electron chi connectivity index (χ4n) is 2.36. The van der Waals surface area contributed by atoms with Crippen LogP contribution in [0.15, 0.2) is 50.8 Å². The van der Waals surface area contributed by atoms with Crippen molar-refractivity contribution in [2.45, 2.75) is 12.1 Å². The Morgan fingerprint density at radius 2 is 2.12 bits per heavy atom. The average molecular weight is 420 g/mol. The number of aromatic nitrogens is 2. The van der Waals surface area contributed by atoms with Crippen molar-refractivity contribution >= 4 is 50.2 Å². The summed E-state index contributed by atoms with van der Waals surface area (Å²) in [5.74, 6) is 2.98. The SMILES string of the molecule is C#CCSc1nc2ccc(C)cc2c(=O)n1-c1ccc(Br)cc1Cl. The van der Waals surface area contributed by atoms with Crippen LogP contribution in [0.3, 0.4) is 0 Å². The van der Waals surface area contributed by atoms with Crippen molar-refractivity contribution in [3.63, 3.8) is 0 Å². The summed E-state index contributed by atoms with van der Waals surface area (Å²) in [6.07, 6.45) is 5.37. The molecule has 2 aromatic carbocycles. The van der Waals surface area contributed by atoms with Gasteiger partial charge in [-0.2, -0.15) is 0 Å². The number of aryl methyl sites for hydroxylation is 1. The lowest BCUT2D eigenvalue weighted by Gasteiger charge is -2.14. The first-order valence-corrected chi connectivity index (χ1v) is 9.22. The maximum atomic E-state index is 13.1. The van der Waals surface area contributed by atoms with Crippen LogP contribution in [0.2, 0.25) is 5.02 Å². The second kappa shape index (κ2) is 7.02. The summed E-state index contributed by atoms with van der Waals surface area (Å²) in [6.45, 7) is 1.94. The predicted molar refractivity (Wildman–Crippen MR) is 104 cm³/mol. The van der Waals surface area contributed by atoms with Crippen molar-refractivity contribution in [2.24, 2.45) is 0 Å². The van der Waals surface area contributed by atoms with Crippen molar-refractivity contribution in [1.82, 2.24) is 9.55 Å². The molecule has 3 aromatic rings. The quantitative estimate of drug-likeness (QED) is 0.346. The fraction of sp³-hybridized carbons (Fsp3) is 0.111. The van der Waals surface area contributed by atoms with Crippen LogP contribution in [-0.2, 0) is 0 Å². The molecule has 0 fully saturated rings. The highest BCUT2D eigenvalue weighted by Crippen LogP contribution is 2.28. The van der Waals surface area contributed by atoms with Gasteiger partial charge in [-0.25, -0.2) is 4.98 Å². The summed E-state index contributed by atoms with van der Waals surface area (Å²) in [6, 6.07) is 11.0. The Labute approximate surface area is 157 Å². The van der Waals surface area contributed by atoms with E-state index in [2.05, 4.69) is 26.8 Å². The van der Waals surface area contributed by atoms with Crippen LogP contribution in [0.1, 0.15) is 5.56 Å². The molecule has 0 aliphatic carbocycles. The number of hydrogen-bond acceptors (Lipinski definition) is 3. The van der Waals surface area contributed by atoms with E-state index >= 15 is 0 Å². The van der Waals surface area contributed by atoms with Crippen molar-refractivity contribution in [1.29, 1.82) is 0 Å². The number of halogens is 2. The Balaban J connectivity index is 2.36. The first-order chi connectivity index (χ1) is 11.5. The number of benzene rings is 2. The molecule has 0 aliphatic rings. The molecule has 120 valence electrons. The molecule has 0 amide bonds. The molecule has 3 rings (SSSR count). The molecule has 3 nitrogen and oxygen atoms in total. The van der Waals surface area contributed by atoms with Crippen LogP contribution in [0.4, 0.5) is 0 Å². The minimum atomic E-state index is -0.160. The zero-order valence-electron chi connectivity index (χ0n) is 12.7. The molecular formula is C18H12BrClN2OS. The van der Waals surface area contributed by atoms with Crippen molar-refractivity contribution in [2.75, 3.05) is 5.75 Å². The Morgan fingerprint density at radius 3 is 2.83 bits per heavy atom. The minimum Gasteiger partial charge on any atom is -0.268 e. The smallest absolute Gasteiger partial charge is 0.266 e. The summed E-state index contributed by atoms with van der Waals surface area (Å²) in [4.78, 5) is 17.7. The maximum absolute atomic E-state index is 13.1. The molecule has 0 spiro atoms. The number of thioether (sulfide) groups is 1.